The van der Waals surface area contributed by atoms with Crippen LogP contribution in [0.5, 0.6) is 0 Å². The highest BCUT2D eigenvalue weighted by Crippen LogP contribution is 2.26. The van der Waals surface area contributed by atoms with E-state index in [4.69, 9.17) is 23.7 Å². The summed E-state index contributed by atoms with van der Waals surface area (Å²) in [6, 6.07) is 0. The van der Waals surface area contributed by atoms with Crippen LogP contribution in [0.3, 0.4) is 0 Å². The Labute approximate surface area is 443 Å². The molecule has 1 aliphatic rings. The molecule has 0 aliphatic carbocycles. The maximum absolute atomic E-state index is 13.1. The van der Waals surface area contributed by atoms with Crippen molar-refractivity contribution in [2.24, 2.45) is 0 Å². The molecule has 12 heteroatoms. The van der Waals surface area contributed by atoms with Crippen LogP contribution >= 0.6 is 0 Å². The molecular formula is C61H106O12. The van der Waals surface area contributed by atoms with Gasteiger partial charge in [0.1, 0.15) is 18.8 Å². The van der Waals surface area contributed by atoms with E-state index >= 15 is 0 Å². The molecular weight excluding hydrogens is 925 g/mol. The first-order chi connectivity index (χ1) is 35.6. The van der Waals surface area contributed by atoms with E-state index in [2.05, 4.69) is 51.2 Å². The van der Waals surface area contributed by atoms with Crippen molar-refractivity contribution in [3.8, 4) is 0 Å². The molecule has 0 aromatic carbocycles. The minimum Gasteiger partial charge on any atom is -0.479 e. The lowest BCUT2D eigenvalue weighted by Crippen LogP contribution is -2.61. The first kappa shape index (κ1) is 67.7. The molecule has 73 heavy (non-hydrogen) atoms. The van der Waals surface area contributed by atoms with Gasteiger partial charge in [0, 0.05) is 19.3 Å². The normalized spacial score (nSPS) is 18.6. The fourth-order valence-electron chi connectivity index (χ4n) is 8.91. The number of carboxylic acids is 1. The average molecular weight is 1030 g/mol. The molecule has 0 aromatic heterocycles. The molecule has 1 heterocycles. The van der Waals surface area contributed by atoms with Crippen LogP contribution in [-0.4, -0.2) is 89.2 Å². The molecule has 1 rings (SSSR count). The van der Waals surface area contributed by atoms with Crippen LogP contribution in [0.25, 0.3) is 0 Å². The molecule has 0 radical (unpaired) electrons. The zero-order valence-electron chi connectivity index (χ0n) is 46.4. The van der Waals surface area contributed by atoms with Gasteiger partial charge < -0.3 is 39.0 Å². The van der Waals surface area contributed by atoms with Gasteiger partial charge in [0.2, 0.25) is 0 Å². The van der Waals surface area contributed by atoms with Gasteiger partial charge in [-0.15, -0.1) is 0 Å². The zero-order valence-corrected chi connectivity index (χ0v) is 46.4. The van der Waals surface area contributed by atoms with Crippen molar-refractivity contribution < 1.29 is 58.2 Å². The van der Waals surface area contributed by atoms with Crippen LogP contribution < -0.4 is 0 Å². The van der Waals surface area contributed by atoms with Gasteiger partial charge in [0.15, 0.2) is 24.6 Å². The van der Waals surface area contributed by atoms with Crippen molar-refractivity contribution >= 4 is 23.9 Å². The number of rotatable bonds is 50. The fraction of sp³-hybridized carbons (Fsp3) is 0.803. The van der Waals surface area contributed by atoms with Crippen molar-refractivity contribution in [1.29, 1.82) is 0 Å². The summed E-state index contributed by atoms with van der Waals surface area (Å²) < 4.78 is 28.3. The van der Waals surface area contributed by atoms with Gasteiger partial charge >= 0.3 is 23.9 Å². The highest BCUT2D eigenvalue weighted by atomic mass is 16.7. The summed E-state index contributed by atoms with van der Waals surface area (Å²) >= 11 is 0. The molecule has 12 nitrogen and oxygen atoms in total. The molecule has 0 saturated carbocycles. The van der Waals surface area contributed by atoms with Gasteiger partial charge in [0.05, 0.1) is 6.61 Å². The molecule has 0 amide bonds. The third-order valence-corrected chi connectivity index (χ3v) is 13.4. The number of carboxylic acid groups (broad SMARTS) is 1. The highest BCUT2D eigenvalue weighted by Gasteiger charge is 2.50. The van der Waals surface area contributed by atoms with E-state index in [0.717, 1.165) is 57.8 Å². The van der Waals surface area contributed by atoms with Gasteiger partial charge in [-0.25, -0.2) is 4.79 Å². The van der Waals surface area contributed by atoms with Gasteiger partial charge in [-0.05, 0) is 44.9 Å². The predicted molar refractivity (Wildman–Crippen MR) is 294 cm³/mol. The van der Waals surface area contributed by atoms with Gasteiger partial charge in [-0.1, -0.05) is 249 Å². The summed E-state index contributed by atoms with van der Waals surface area (Å²) in [5.41, 5.74) is 0. The van der Waals surface area contributed by atoms with E-state index in [9.17, 15) is 34.5 Å². The van der Waals surface area contributed by atoms with Crippen LogP contribution in [0.4, 0.5) is 0 Å². The molecule has 1 aliphatic heterocycles. The van der Waals surface area contributed by atoms with Crippen molar-refractivity contribution in [1.82, 2.24) is 0 Å². The largest absolute Gasteiger partial charge is 0.479 e. The second-order valence-corrected chi connectivity index (χ2v) is 20.3. The number of aliphatic hydroxyl groups is 2. The molecule has 422 valence electrons. The summed E-state index contributed by atoms with van der Waals surface area (Å²) in [7, 11) is 0. The minimum absolute atomic E-state index is 0.0582. The second-order valence-electron chi connectivity index (χ2n) is 20.3. The van der Waals surface area contributed by atoms with Crippen LogP contribution in [0.2, 0.25) is 0 Å². The Hall–Kier alpha value is -3.32. The Morgan fingerprint density at radius 1 is 0.466 bits per heavy atom. The first-order valence-electron chi connectivity index (χ1n) is 29.6. The molecule has 1 fully saturated rings. The number of carbonyl (C=O) groups excluding carboxylic acids is 3. The molecule has 0 bridgehead atoms. The fourth-order valence-corrected chi connectivity index (χ4v) is 8.91. The highest BCUT2D eigenvalue weighted by molar-refractivity contribution is 5.74. The van der Waals surface area contributed by atoms with Crippen LogP contribution in [0.1, 0.15) is 265 Å². The summed E-state index contributed by atoms with van der Waals surface area (Å²) in [6.45, 7) is 5.85. The third-order valence-electron chi connectivity index (χ3n) is 13.4. The van der Waals surface area contributed by atoms with Gasteiger partial charge in [0.25, 0.3) is 0 Å². The van der Waals surface area contributed by atoms with Gasteiger partial charge in [-0.3, -0.25) is 14.4 Å². The smallest absolute Gasteiger partial charge is 0.335 e. The number of hydrogen-bond acceptors (Lipinski definition) is 11. The van der Waals surface area contributed by atoms with Crippen molar-refractivity contribution in [3.63, 3.8) is 0 Å². The van der Waals surface area contributed by atoms with E-state index in [1.165, 1.54) is 141 Å². The van der Waals surface area contributed by atoms with E-state index in [0.29, 0.717) is 25.7 Å². The quantitative estimate of drug-likeness (QED) is 0.0228. The molecule has 0 spiro atoms. The van der Waals surface area contributed by atoms with Crippen molar-refractivity contribution in [2.45, 2.75) is 302 Å². The number of ether oxygens (including phenoxy) is 5. The summed E-state index contributed by atoms with van der Waals surface area (Å²) in [5.74, 6) is -3.20. The number of aliphatic hydroxyl groups excluding tert-OH is 2. The number of hydrogen-bond donors (Lipinski definition) is 3. The maximum Gasteiger partial charge on any atom is 0.335 e. The molecule has 3 N–H and O–H groups in total. The Balaban J connectivity index is 2.67. The maximum atomic E-state index is 13.1. The molecule has 1 saturated heterocycles. The lowest BCUT2D eigenvalue weighted by Gasteiger charge is -2.40. The third kappa shape index (κ3) is 39.7. The van der Waals surface area contributed by atoms with Crippen LogP contribution in [-0.2, 0) is 42.9 Å². The second kappa shape index (κ2) is 49.6. The number of allylic oxidation sites excluding steroid dienone is 8. The minimum atomic E-state index is -1.92. The van der Waals surface area contributed by atoms with Crippen LogP contribution in [0, 0.1) is 0 Å². The summed E-state index contributed by atoms with van der Waals surface area (Å²) in [6.07, 6.45) is 46.9. The van der Waals surface area contributed by atoms with Crippen molar-refractivity contribution in [2.75, 3.05) is 13.2 Å². The standard InChI is InChI=1S/C61H106O12/c1-4-7-10-13-16-19-22-24-25-26-27-28-29-31-33-35-38-41-44-47-53(62)69-50-52(71-54(63)48-45-42-39-36-32-21-18-15-12-9-6-3)51-70-61-59(57(66)56(65)58(73-61)60(67)68)72-55(64)49-46-43-40-37-34-30-23-20-17-14-11-8-5-2/h8,11,17,20,30,34,40,43,52,56-59,61,65-66H,4-7,9-10,12-16,18-19,21-29,31-33,35-39,41-42,44-51H2,1-3H3,(H,67,68)/b11-8-,20-17-,34-30-,43-40-. The Morgan fingerprint density at radius 2 is 0.863 bits per heavy atom. The topological polar surface area (TPSA) is 175 Å². The monoisotopic (exact) mass is 1030 g/mol. The number of carbonyl (C=O) groups is 4. The van der Waals surface area contributed by atoms with E-state index in [1.54, 1.807) is 0 Å². The average Bonchev–Trinajstić information content (AvgIpc) is 3.37. The predicted octanol–water partition coefficient (Wildman–Crippen LogP) is 15.0. The lowest BCUT2D eigenvalue weighted by molar-refractivity contribution is -0.301. The van der Waals surface area contributed by atoms with E-state index < -0.39 is 67.3 Å². The SMILES string of the molecule is CC/C=C\C/C=C\C/C=C\C/C=C\CCC(=O)OC1C(OCC(COC(=O)CCCCCCCCCCCCCCCCCCCCC)OC(=O)CCCCCCCCCCCCC)OC(C(=O)O)C(O)C1O. The Morgan fingerprint density at radius 3 is 1.29 bits per heavy atom. The molecule has 0 aromatic rings. The first-order valence-corrected chi connectivity index (χ1v) is 29.6. The number of unbranched alkanes of at least 4 members (excludes halogenated alkanes) is 28. The summed E-state index contributed by atoms with van der Waals surface area (Å²) in [5, 5.41) is 31.4. The van der Waals surface area contributed by atoms with E-state index in [1.807, 2.05) is 18.2 Å². The molecule has 6 unspecified atom stereocenters. The Kier molecular flexibility index (Phi) is 45.9. The van der Waals surface area contributed by atoms with E-state index in [-0.39, 0.29) is 25.9 Å². The zero-order chi connectivity index (χ0) is 53.3. The van der Waals surface area contributed by atoms with Crippen molar-refractivity contribution in [3.05, 3.63) is 48.6 Å². The Bertz CT molecular complexity index is 1460. The van der Waals surface area contributed by atoms with Crippen LogP contribution in [0.15, 0.2) is 48.6 Å². The summed E-state index contributed by atoms with van der Waals surface area (Å²) in [4.78, 5) is 51.0. The number of aliphatic carboxylic acids is 1. The lowest BCUT2D eigenvalue weighted by atomic mass is 9.98. The number of esters is 3. The molecule has 6 atom stereocenters. The van der Waals surface area contributed by atoms with Gasteiger partial charge in [-0.2, -0.15) is 0 Å².